The average molecular weight is 336 g/mol. The minimum absolute atomic E-state index is 0.108. The molecule has 0 aliphatic heterocycles. The van der Waals surface area contributed by atoms with E-state index in [1.807, 2.05) is 25.0 Å². The van der Waals surface area contributed by atoms with Crippen LogP contribution in [0.5, 0.6) is 0 Å². The van der Waals surface area contributed by atoms with E-state index in [4.69, 9.17) is 0 Å². The molecule has 0 amide bonds. The molecule has 1 aromatic heterocycles. The van der Waals surface area contributed by atoms with Gasteiger partial charge in [0.05, 0.1) is 22.4 Å². The quantitative estimate of drug-likeness (QED) is 0.924. The monoisotopic (exact) mass is 335 g/mol. The molecule has 108 valence electrons. The summed E-state index contributed by atoms with van der Waals surface area (Å²) in [6.07, 6.45) is 1.85. The molecule has 0 saturated heterocycles. The number of aryl methyl sites for hydroxylation is 1. The molecule has 0 fully saturated rings. The van der Waals surface area contributed by atoms with Crippen molar-refractivity contribution in [1.29, 1.82) is 0 Å². The summed E-state index contributed by atoms with van der Waals surface area (Å²) in [4.78, 5) is 0. The fourth-order valence-electron chi connectivity index (χ4n) is 2.62. The van der Waals surface area contributed by atoms with Gasteiger partial charge in [0.1, 0.15) is 0 Å². The lowest BCUT2D eigenvalue weighted by atomic mass is 9.81. The van der Waals surface area contributed by atoms with Gasteiger partial charge in [-0.2, -0.15) is 5.10 Å². The van der Waals surface area contributed by atoms with E-state index in [1.165, 1.54) is 11.1 Å². The summed E-state index contributed by atoms with van der Waals surface area (Å²) in [7, 11) is 3.97. The van der Waals surface area contributed by atoms with Gasteiger partial charge in [-0.1, -0.05) is 45.0 Å². The number of nitrogens with zero attached hydrogens (tertiary/aromatic N) is 2. The first-order valence-corrected chi connectivity index (χ1v) is 7.59. The summed E-state index contributed by atoms with van der Waals surface area (Å²) in [5.74, 6) is 0. The summed E-state index contributed by atoms with van der Waals surface area (Å²) in [6.45, 7) is 6.74. The Morgan fingerprint density at radius 1 is 1.25 bits per heavy atom. The van der Waals surface area contributed by atoms with Crippen LogP contribution in [-0.4, -0.2) is 16.8 Å². The molecule has 20 heavy (non-hydrogen) atoms. The third-order valence-corrected chi connectivity index (χ3v) is 4.19. The summed E-state index contributed by atoms with van der Waals surface area (Å²) in [5.41, 5.74) is 3.90. The Morgan fingerprint density at radius 2 is 1.90 bits per heavy atom. The van der Waals surface area contributed by atoms with Crippen LogP contribution in [0, 0.1) is 0 Å². The van der Waals surface area contributed by atoms with Crippen molar-refractivity contribution in [2.24, 2.45) is 7.05 Å². The number of aromatic nitrogens is 2. The molecule has 1 aromatic carbocycles. The van der Waals surface area contributed by atoms with Gasteiger partial charge in [0.25, 0.3) is 0 Å². The molecule has 1 atom stereocenters. The van der Waals surface area contributed by atoms with E-state index in [9.17, 15) is 0 Å². The zero-order chi connectivity index (χ0) is 14.9. The fraction of sp³-hybridized carbons (Fsp3) is 0.438. The third-order valence-electron chi connectivity index (χ3n) is 3.58. The van der Waals surface area contributed by atoms with E-state index in [1.54, 1.807) is 0 Å². The van der Waals surface area contributed by atoms with Crippen molar-refractivity contribution in [2.45, 2.75) is 32.2 Å². The zero-order valence-electron chi connectivity index (χ0n) is 12.7. The van der Waals surface area contributed by atoms with E-state index >= 15 is 0 Å². The van der Waals surface area contributed by atoms with Crippen molar-refractivity contribution in [2.75, 3.05) is 7.05 Å². The van der Waals surface area contributed by atoms with E-state index in [0.29, 0.717) is 0 Å². The summed E-state index contributed by atoms with van der Waals surface area (Å²) in [5, 5.41) is 7.76. The molecule has 2 rings (SSSR count). The van der Waals surface area contributed by atoms with Gasteiger partial charge in [-0.15, -0.1) is 0 Å². The molecule has 4 heteroatoms. The van der Waals surface area contributed by atoms with E-state index in [0.717, 1.165) is 10.2 Å². The van der Waals surface area contributed by atoms with Crippen LogP contribution in [0.4, 0.5) is 0 Å². The second-order valence-electron chi connectivity index (χ2n) is 6.06. The minimum Gasteiger partial charge on any atom is -0.308 e. The highest BCUT2D eigenvalue weighted by molar-refractivity contribution is 9.10. The molecule has 0 radical (unpaired) electrons. The van der Waals surface area contributed by atoms with Crippen molar-refractivity contribution < 1.29 is 0 Å². The molecule has 1 N–H and O–H groups in total. The summed E-state index contributed by atoms with van der Waals surface area (Å²) >= 11 is 3.61. The van der Waals surface area contributed by atoms with Crippen LogP contribution in [0.3, 0.4) is 0 Å². The van der Waals surface area contributed by atoms with Crippen molar-refractivity contribution in [3.8, 4) is 0 Å². The predicted octanol–water partition coefficient (Wildman–Crippen LogP) is 3.79. The fourth-order valence-corrected chi connectivity index (χ4v) is 3.19. The van der Waals surface area contributed by atoms with Crippen LogP contribution in [-0.2, 0) is 12.5 Å². The van der Waals surface area contributed by atoms with Gasteiger partial charge in [0.2, 0.25) is 0 Å². The number of rotatable bonds is 3. The molecule has 0 aliphatic rings. The molecule has 0 saturated carbocycles. The molecule has 1 unspecified atom stereocenters. The standard InChI is InChI=1S/C16H22BrN3/c1-16(2,3)12-9-7-6-8-11(12)14(18-4)15-13(17)10-19-20(15)5/h6-10,14,18H,1-5H3. The first-order chi connectivity index (χ1) is 9.36. The van der Waals surface area contributed by atoms with Crippen molar-refractivity contribution in [3.63, 3.8) is 0 Å². The molecule has 0 aliphatic carbocycles. The van der Waals surface area contributed by atoms with Crippen molar-refractivity contribution in [1.82, 2.24) is 15.1 Å². The van der Waals surface area contributed by atoms with Crippen LogP contribution in [0.25, 0.3) is 0 Å². The second-order valence-corrected chi connectivity index (χ2v) is 6.91. The minimum atomic E-state index is 0.108. The first kappa shape index (κ1) is 15.3. The molecule has 0 bridgehead atoms. The lowest BCUT2D eigenvalue weighted by Gasteiger charge is -2.27. The number of hydrogen-bond acceptors (Lipinski definition) is 2. The maximum absolute atomic E-state index is 4.33. The number of hydrogen-bond donors (Lipinski definition) is 1. The second kappa shape index (κ2) is 5.70. The van der Waals surface area contributed by atoms with Gasteiger partial charge >= 0.3 is 0 Å². The first-order valence-electron chi connectivity index (χ1n) is 6.80. The third kappa shape index (κ3) is 2.81. The van der Waals surface area contributed by atoms with Crippen LogP contribution < -0.4 is 5.32 Å². The van der Waals surface area contributed by atoms with Gasteiger partial charge in [0.15, 0.2) is 0 Å². The summed E-state index contributed by atoms with van der Waals surface area (Å²) in [6, 6.07) is 8.73. The van der Waals surface area contributed by atoms with Crippen LogP contribution in [0.1, 0.15) is 43.6 Å². The Hall–Kier alpha value is -1.13. The molecule has 2 aromatic rings. The lowest BCUT2D eigenvalue weighted by molar-refractivity contribution is 0.551. The smallest absolute Gasteiger partial charge is 0.0760 e. The van der Waals surface area contributed by atoms with Gasteiger partial charge in [-0.3, -0.25) is 4.68 Å². The topological polar surface area (TPSA) is 29.9 Å². The normalized spacial score (nSPS) is 13.5. The van der Waals surface area contributed by atoms with Gasteiger partial charge in [-0.05, 0) is 39.5 Å². The van der Waals surface area contributed by atoms with Crippen LogP contribution in [0.15, 0.2) is 34.9 Å². The maximum Gasteiger partial charge on any atom is 0.0760 e. The van der Waals surface area contributed by atoms with Crippen molar-refractivity contribution >= 4 is 15.9 Å². The van der Waals surface area contributed by atoms with E-state index in [-0.39, 0.29) is 11.5 Å². The van der Waals surface area contributed by atoms with Crippen molar-refractivity contribution in [3.05, 3.63) is 51.8 Å². The highest BCUT2D eigenvalue weighted by atomic mass is 79.9. The Morgan fingerprint density at radius 3 is 2.40 bits per heavy atom. The van der Waals surface area contributed by atoms with Crippen LogP contribution in [0.2, 0.25) is 0 Å². The number of halogens is 1. The Balaban J connectivity index is 2.60. The molecule has 3 nitrogen and oxygen atoms in total. The highest BCUT2D eigenvalue weighted by Crippen LogP contribution is 2.34. The summed E-state index contributed by atoms with van der Waals surface area (Å²) < 4.78 is 2.95. The SMILES string of the molecule is CNC(c1ccccc1C(C)(C)C)c1c(Br)cnn1C. The van der Waals surface area contributed by atoms with Crippen LogP contribution >= 0.6 is 15.9 Å². The Labute approximate surface area is 129 Å². The van der Waals surface area contributed by atoms with Gasteiger partial charge in [0, 0.05) is 7.05 Å². The van der Waals surface area contributed by atoms with Gasteiger partial charge < -0.3 is 5.32 Å². The number of nitrogens with one attached hydrogen (secondary N) is 1. The van der Waals surface area contributed by atoms with Gasteiger partial charge in [-0.25, -0.2) is 0 Å². The molecular weight excluding hydrogens is 314 g/mol. The Kier molecular flexibility index (Phi) is 4.35. The predicted molar refractivity (Wildman–Crippen MR) is 87.0 cm³/mol. The number of benzene rings is 1. The zero-order valence-corrected chi connectivity index (χ0v) is 14.3. The Bertz CT molecular complexity index is 577. The highest BCUT2D eigenvalue weighted by Gasteiger charge is 2.25. The molecule has 1 heterocycles. The average Bonchev–Trinajstić information content (AvgIpc) is 2.71. The molecule has 0 spiro atoms. The largest absolute Gasteiger partial charge is 0.308 e. The maximum atomic E-state index is 4.33. The van der Waals surface area contributed by atoms with E-state index in [2.05, 4.69) is 71.4 Å². The molecular formula is C16H22BrN3. The van der Waals surface area contributed by atoms with E-state index < -0.39 is 0 Å². The lowest BCUT2D eigenvalue weighted by Crippen LogP contribution is -2.25.